The Kier molecular flexibility index (Phi) is 6.53. The molecule has 0 amide bonds. The van der Waals surface area contributed by atoms with Crippen LogP contribution >= 0.6 is 0 Å². The molecule has 19 heavy (non-hydrogen) atoms. The maximum atomic E-state index is 5.22. The first-order valence-electron chi connectivity index (χ1n) is 7.23. The third-order valence-corrected chi connectivity index (χ3v) is 3.54. The number of methoxy groups -OCH3 is 1. The average molecular weight is 263 g/mol. The Morgan fingerprint density at radius 2 is 1.79 bits per heavy atom. The minimum absolute atomic E-state index is 0.161. The molecule has 1 rings (SSSR count). The molecule has 0 bridgehead atoms. The second-order valence-corrected chi connectivity index (χ2v) is 6.41. The zero-order valence-electron chi connectivity index (χ0n) is 13.1. The van der Waals surface area contributed by atoms with E-state index < -0.39 is 0 Å². The predicted molar refractivity (Wildman–Crippen MR) is 82.6 cm³/mol. The molecule has 1 N–H and O–H groups in total. The highest BCUT2D eigenvalue weighted by molar-refractivity contribution is 5.20. The highest BCUT2D eigenvalue weighted by Crippen LogP contribution is 2.27. The van der Waals surface area contributed by atoms with Gasteiger partial charge in [0.1, 0.15) is 0 Å². The van der Waals surface area contributed by atoms with Crippen molar-refractivity contribution in [3.05, 3.63) is 35.9 Å². The molecule has 0 aliphatic rings. The molecular weight excluding hydrogens is 234 g/mol. The van der Waals surface area contributed by atoms with E-state index in [0.29, 0.717) is 11.8 Å². The van der Waals surface area contributed by atoms with Crippen molar-refractivity contribution in [1.29, 1.82) is 0 Å². The summed E-state index contributed by atoms with van der Waals surface area (Å²) in [5.41, 5.74) is 1.58. The standard InChI is InChI=1S/C17H29NO/c1-14(11-12-19-5)16(13-18-17(2,3)4)15-9-7-6-8-10-15/h6-10,14,16,18H,11-13H2,1-5H3. The lowest BCUT2D eigenvalue weighted by Gasteiger charge is -2.29. The van der Waals surface area contributed by atoms with E-state index in [0.717, 1.165) is 19.6 Å². The molecular formula is C17H29NO. The van der Waals surface area contributed by atoms with E-state index >= 15 is 0 Å². The van der Waals surface area contributed by atoms with Crippen LogP contribution in [-0.4, -0.2) is 25.8 Å². The summed E-state index contributed by atoms with van der Waals surface area (Å²) in [5.74, 6) is 1.15. The summed E-state index contributed by atoms with van der Waals surface area (Å²) in [6.45, 7) is 10.8. The largest absolute Gasteiger partial charge is 0.385 e. The molecule has 0 saturated heterocycles. The second-order valence-electron chi connectivity index (χ2n) is 6.41. The second kappa shape index (κ2) is 7.66. The monoisotopic (exact) mass is 263 g/mol. The van der Waals surface area contributed by atoms with Crippen molar-refractivity contribution in [1.82, 2.24) is 5.32 Å². The van der Waals surface area contributed by atoms with Crippen LogP contribution in [0.5, 0.6) is 0 Å². The van der Waals surface area contributed by atoms with Gasteiger partial charge in [-0.25, -0.2) is 0 Å². The van der Waals surface area contributed by atoms with Crippen LogP contribution in [0.2, 0.25) is 0 Å². The van der Waals surface area contributed by atoms with Crippen LogP contribution in [0, 0.1) is 5.92 Å². The quantitative estimate of drug-likeness (QED) is 0.807. The van der Waals surface area contributed by atoms with Gasteiger partial charge < -0.3 is 10.1 Å². The minimum Gasteiger partial charge on any atom is -0.385 e. The summed E-state index contributed by atoms with van der Waals surface area (Å²) in [6, 6.07) is 10.8. The van der Waals surface area contributed by atoms with Gasteiger partial charge >= 0.3 is 0 Å². The number of hydrogen-bond donors (Lipinski definition) is 1. The van der Waals surface area contributed by atoms with Gasteiger partial charge in [0.15, 0.2) is 0 Å². The molecule has 0 fully saturated rings. The predicted octanol–water partition coefficient (Wildman–Crippen LogP) is 3.83. The van der Waals surface area contributed by atoms with E-state index in [2.05, 4.69) is 63.3 Å². The summed E-state index contributed by atoms with van der Waals surface area (Å²) in [4.78, 5) is 0. The lowest BCUT2D eigenvalue weighted by atomic mass is 9.84. The molecule has 2 atom stereocenters. The van der Waals surface area contributed by atoms with Crippen LogP contribution in [0.25, 0.3) is 0 Å². The van der Waals surface area contributed by atoms with Gasteiger partial charge in [-0.1, -0.05) is 37.3 Å². The third kappa shape index (κ3) is 6.22. The van der Waals surface area contributed by atoms with E-state index in [4.69, 9.17) is 4.74 Å². The Morgan fingerprint density at radius 1 is 1.16 bits per heavy atom. The first-order valence-corrected chi connectivity index (χ1v) is 7.23. The molecule has 1 aromatic carbocycles. The summed E-state index contributed by atoms with van der Waals surface area (Å²) in [6.07, 6.45) is 1.10. The fourth-order valence-corrected chi connectivity index (χ4v) is 2.27. The molecule has 1 aromatic rings. The topological polar surface area (TPSA) is 21.3 Å². The Hall–Kier alpha value is -0.860. The molecule has 0 saturated carbocycles. The van der Waals surface area contributed by atoms with Crippen molar-refractivity contribution in [2.45, 2.75) is 45.6 Å². The zero-order valence-corrected chi connectivity index (χ0v) is 13.1. The van der Waals surface area contributed by atoms with Crippen LogP contribution in [0.3, 0.4) is 0 Å². The van der Waals surface area contributed by atoms with Crippen LogP contribution in [0.1, 0.15) is 45.6 Å². The van der Waals surface area contributed by atoms with Gasteiger partial charge in [0.25, 0.3) is 0 Å². The van der Waals surface area contributed by atoms with Gasteiger partial charge in [0, 0.05) is 25.8 Å². The molecule has 0 radical (unpaired) electrons. The van der Waals surface area contributed by atoms with E-state index in [9.17, 15) is 0 Å². The van der Waals surface area contributed by atoms with E-state index in [1.54, 1.807) is 7.11 Å². The van der Waals surface area contributed by atoms with Gasteiger partial charge in [-0.2, -0.15) is 0 Å². The van der Waals surface area contributed by atoms with Gasteiger partial charge in [-0.05, 0) is 44.6 Å². The lowest BCUT2D eigenvalue weighted by molar-refractivity contribution is 0.172. The van der Waals surface area contributed by atoms with Gasteiger partial charge in [-0.3, -0.25) is 0 Å². The first-order chi connectivity index (χ1) is 8.94. The highest BCUT2D eigenvalue weighted by Gasteiger charge is 2.21. The Bertz CT molecular complexity index is 342. The van der Waals surface area contributed by atoms with E-state index in [1.807, 2.05) is 0 Å². The summed E-state index contributed by atoms with van der Waals surface area (Å²) in [7, 11) is 1.78. The summed E-state index contributed by atoms with van der Waals surface area (Å²) < 4.78 is 5.22. The number of nitrogens with one attached hydrogen (secondary N) is 1. The maximum Gasteiger partial charge on any atom is 0.0465 e. The van der Waals surface area contributed by atoms with Crippen molar-refractivity contribution in [2.24, 2.45) is 5.92 Å². The molecule has 2 unspecified atom stereocenters. The molecule has 0 aliphatic heterocycles. The first kappa shape index (κ1) is 16.2. The molecule has 2 nitrogen and oxygen atoms in total. The van der Waals surface area contributed by atoms with Crippen molar-refractivity contribution in [3.63, 3.8) is 0 Å². The Labute approximate surface area is 118 Å². The number of hydrogen-bond acceptors (Lipinski definition) is 2. The Morgan fingerprint density at radius 3 is 2.32 bits per heavy atom. The van der Waals surface area contributed by atoms with Crippen LogP contribution in [-0.2, 0) is 4.74 Å². The van der Waals surface area contributed by atoms with Crippen LogP contribution < -0.4 is 5.32 Å². The smallest absolute Gasteiger partial charge is 0.0465 e. The number of ether oxygens (including phenoxy) is 1. The van der Waals surface area contributed by atoms with Crippen molar-refractivity contribution in [2.75, 3.05) is 20.3 Å². The maximum absolute atomic E-state index is 5.22. The number of benzene rings is 1. The lowest BCUT2D eigenvalue weighted by Crippen LogP contribution is -2.39. The average Bonchev–Trinajstić information content (AvgIpc) is 2.36. The van der Waals surface area contributed by atoms with Gasteiger partial charge in [-0.15, -0.1) is 0 Å². The SMILES string of the molecule is COCCC(C)C(CNC(C)(C)C)c1ccccc1. The fourth-order valence-electron chi connectivity index (χ4n) is 2.27. The fraction of sp³-hybridized carbons (Fsp3) is 0.647. The molecule has 0 heterocycles. The summed E-state index contributed by atoms with van der Waals surface area (Å²) >= 11 is 0. The van der Waals surface area contributed by atoms with Crippen molar-refractivity contribution >= 4 is 0 Å². The molecule has 0 spiro atoms. The number of rotatable bonds is 7. The molecule has 0 aromatic heterocycles. The van der Waals surface area contributed by atoms with E-state index in [1.165, 1.54) is 5.56 Å². The van der Waals surface area contributed by atoms with Crippen molar-refractivity contribution < 1.29 is 4.74 Å². The zero-order chi connectivity index (χ0) is 14.3. The summed E-state index contributed by atoms with van der Waals surface area (Å²) in [5, 5.41) is 3.64. The van der Waals surface area contributed by atoms with Crippen LogP contribution in [0.4, 0.5) is 0 Å². The Balaban J connectivity index is 2.73. The van der Waals surface area contributed by atoms with Gasteiger partial charge in [0.05, 0.1) is 0 Å². The molecule has 0 aliphatic carbocycles. The van der Waals surface area contributed by atoms with Crippen molar-refractivity contribution in [3.8, 4) is 0 Å². The van der Waals surface area contributed by atoms with Crippen LogP contribution in [0.15, 0.2) is 30.3 Å². The minimum atomic E-state index is 0.161. The normalized spacial score (nSPS) is 15.2. The molecule has 108 valence electrons. The third-order valence-electron chi connectivity index (χ3n) is 3.54. The van der Waals surface area contributed by atoms with Gasteiger partial charge in [0.2, 0.25) is 0 Å². The highest BCUT2D eigenvalue weighted by atomic mass is 16.5. The molecule has 2 heteroatoms. The van der Waals surface area contributed by atoms with E-state index in [-0.39, 0.29) is 5.54 Å².